The van der Waals surface area contributed by atoms with E-state index in [4.69, 9.17) is 4.74 Å². The van der Waals surface area contributed by atoms with Crippen molar-refractivity contribution in [1.29, 1.82) is 0 Å². The SMILES string of the molecule is CCOC(=O)C1CC(=O)N(c2ccc(Br)cc2)C1. The van der Waals surface area contributed by atoms with Gasteiger partial charge in [0.2, 0.25) is 5.91 Å². The van der Waals surface area contributed by atoms with Gasteiger partial charge in [-0.2, -0.15) is 0 Å². The first kappa shape index (κ1) is 13.1. The van der Waals surface area contributed by atoms with Crippen LogP contribution in [0.1, 0.15) is 13.3 Å². The molecule has 5 heteroatoms. The topological polar surface area (TPSA) is 46.6 Å². The van der Waals surface area contributed by atoms with Crippen molar-refractivity contribution >= 4 is 33.5 Å². The number of halogens is 1. The van der Waals surface area contributed by atoms with E-state index in [1.165, 1.54) is 0 Å². The number of anilines is 1. The molecule has 0 N–H and O–H groups in total. The number of hydrogen-bond acceptors (Lipinski definition) is 3. The fraction of sp³-hybridized carbons (Fsp3) is 0.385. The fourth-order valence-corrected chi connectivity index (χ4v) is 2.26. The van der Waals surface area contributed by atoms with E-state index in [0.717, 1.165) is 10.2 Å². The van der Waals surface area contributed by atoms with E-state index in [1.54, 1.807) is 11.8 Å². The van der Waals surface area contributed by atoms with Crippen molar-refractivity contribution < 1.29 is 14.3 Å². The monoisotopic (exact) mass is 311 g/mol. The number of esters is 1. The molecule has 0 bridgehead atoms. The van der Waals surface area contributed by atoms with Crippen LogP contribution in [0.15, 0.2) is 28.7 Å². The van der Waals surface area contributed by atoms with Crippen molar-refractivity contribution in [2.45, 2.75) is 13.3 Å². The van der Waals surface area contributed by atoms with E-state index < -0.39 is 0 Å². The maximum Gasteiger partial charge on any atom is 0.311 e. The highest BCUT2D eigenvalue weighted by atomic mass is 79.9. The molecule has 0 aromatic heterocycles. The molecule has 1 heterocycles. The van der Waals surface area contributed by atoms with E-state index in [1.807, 2.05) is 24.3 Å². The Balaban J connectivity index is 2.10. The molecule has 96 valence electrons. The van der Waals surface area contributed by atoms with Crippen LogP contribution in [0.5, 0.6) is 0 Å². The molecule has 18 heavy (non-hydrogen) atoms. The summed E-state index contributed by atoms with van der Waals surface area (Å²) in [5, 5.41) is 0. The highest BCUT2D eigenvalue weighted by Crippen LogP contribution is 2.26. The molecule has 1 fully saturated rings. The Morgan fingerprint density at radius 1 is 1.44 bits per heavy atom. The number of rotatable bonds is 3. The van der Waals surface area contributed by atoms with Crippen LogP contribution in [0.4, 0.5) is 5.69 Å². The van der Waals surface area contributed by atoms with Gasteiger partial charge in [0, 0.05) is 23.1 Å². The second kappa shape index (κ2) is 5.52. The van der Waals surface area contributed by atoms with Gasteiger partial charge in [-0.15, -0.1) is 0 Å². The Labute approximate surface area is 114 Å². The Morgan fingerprint density at radius 2 is 2.11 bits per heavy atom. The molecule has 1 saturated heterocycles. The van der Waals surface area contributed by atoms with Crippen LogP contribution in [0.3, 0.4) is 0 Å². The van der Waals surface area contributed by atoms with Gasteiger partial charge in [0.15, 0.2) is 0 Å². The van der Waals surface area contributed by atoms with Crippen molar-refractivity contribution in [3.8, 4) is 0 Å². The lowest BCUT2D eigenvalue weighted by Gasteiger charge is -2.16. The van der Waals surface area contributed by atoms with Gasteiger partial charge in [-0.3, -0.25) is 9.59 Å². The van der Waals surface area contributed by atoms with E-state index in [9.17, 15) is 9.59 Å². The predicted molar refractivity (Wildman–Crippen MR) is 71.2 cm³/mol. The summed E-state index contributed by atoms with van der Waals surface area (Å²) in [5.74, 6) is -0.665. The summed E-state index contributed by atoms with van der Waals surface area (Å²) in [6.07, 6.45) is 0.231. The lowest BCUT2D eigenvalue weighted by molar-refractivity contribution is -0.147. The minimum atomic E-state index is -0.346. The number of hydrogen-bond donors (Lipinski definition) is 0. The number of amides is 1. The van der Waals surface area contributed by atoms with Crippen molar-refractivity contribution in [2.24, 2.45) is 5.92 Å². The van der Waals surface area contributed by atoms with Gasteiger partial charge in [0.1, 0.15) is 0 Å². The second-order valence-electron chi connectivity index (χ2n) is 4.13. The molecular weight excluding hydrogens is 298 g/mol. The van der Waals surface area contributed by atoms with Crippen LogP contribution in [-0.2, 0) is 14.3 Å². The third-order valence-corrected chi connectivity index (χ3v) is 3.41. The minimum Gasteiger partial charge on any atom is -0.466 e. The number of nitrogens with zero attached hydrogens (tertiary/aromatic N) is 1. The van der Waals surface area contributed by atoms with Crippen molar-refractivity contribution in [2.75, 3.05) is 18.1 Å². The molecule has 2 rings (SSSR count). The number of benzene rings is 1. The second-order valence-corrected chi connectivity index (χ2v) is 5.05. The van der Waals surface area contributed by atoms with Gasteiger partial charge in [0.05, 0.1) is 12.5 Å². The first-order valence-electron chi connectivity index (χ1n) is 5.84. The van der Waals surface area contributed by atoms with E-state index >= 15 is 0 Å². The summed E-state index contributed by atoms with van der Waals surface area (Å²) in [6.45, 7) is 2.52. The van der Waals surface area contributed by atoms with Crippen LogP contribution in [-0.4, -0.2) is 25.0 Å². The van der Waals surface area contributed by atoms with Crippen LogP contribution >= 0.6 is 15.9 Å². The van der Waals surface area contributed by atoms with E-state index in [0.29, 0.717) is 13.2 Å². The maximum atomic E-state index is 11.9. The molecule has 1 unspecified atom stereocenters. The molecule has 1 aromatic rings. The Morgan fingerprint density at radius 3 is 2.72 bits per heavy atom. The quantitative estimate of drug-likeness (QED) is 0.805. The largest absolute Gasteiger partial charge is 0.466 e. The van der Waals surface area contributed by atoms with Crippen molar-refractivity contribution in [3.05, 3.63) is 28.7 Å². The van der Waals surface area contributed by atoms with Crippen LogP contribution in [0.2, 0.25) is 0 Å². The third-order valence-electron chi connectivity index (χ3n) is 2.88. The summed E-state index contributed by atoms with van der Waals surface area (Å²) in [7, 11) is 0. The van der Waals surface area contributed by atoms with E-state index in [-0.39, 0.29) is 24.2 Å². The molecule has 0 radical (unpaired) electrons. The third kappa shape index (κ3) is 2.72. The number of ether oxygens (including phenoxy) is 1. The van der Waals surface area contributed by atoms with Crippen molar-refractivity contribution in [3.63, 3.8) is 0 Å². The molecule has 0 spiro atoms. The predicted octanol–water partition coefficient (Wildman–Crippen LogP) is 2.37. The molecular formula is C13H14BrNO3. The van der Waals surface area contributed by atoms with Gasteiger partial charge < -0.3 is 9.64 Å². The minimum absolute atomic E-state index is 0.0321. The summed E-state index contributed by atoms with van der Waals surface area (Å²) in [4.78, 5) is 25.1. The standard InChI is InChI=1S/C13H14BrNO3/c1-2-18-13(17)9-7-12(16)15(8-9)11-5-3-10(14)4-6-11/h3-6,9H,2,7-8H2,1H3. The first-order chi connectivity index (χ1) is 8.61. The average molecular weight is 312 g/mol. The molecule has 0 saturated carbocycles. The molecule has 0 aliphatic carbocycles. The van der Waals surface area contributed by atoms with Crippen LogP contribution < -0.4 is 4.90 Å². The average Bonchev–Trinajstić information content (AvgIpc) is 2.73. The Bertz CT molecular complexity index is 458. The zero-order chi connectivity index (χ0) is 13.1. The summed E-state index contributed by atoms with van der Waals surface area (Å²) < 4.78 is 5.91. The lowest BCUT2D eigenvalue weighted by Crippen LogP contribution is -2.26. The molecule has 1 amide bonds. The normalized spacial score (nSPS) is 19.1. The first-order valence-corrected chi connectivity index (χ1v) is 6.63. The van der Waals surface area contributed by atoms with Gasteiger partial charge in [0.25, 0.3) is 0 Å². The van der Waals surface area contributed by atoms with E-state index in [2.05, 4.69) is 15.9 Å². The lowest BCUT2D eigenvalue weighted by atomic mass is 10.1. The van der Waals surface area contributed by atoms with Crippen LogP contribution in [0, 0.1) is 5.92 Å². The highest BCUT2D eigenvalue weighted by molar-refractivity contribution is 9.10. The number of carbonyl (C=O) groups is 2. The molecule has 1 atom stereocenters. The highest BCUT2D eigenvalue weighted by Gasteiger charge is 2.35. The fourth-order valence-electron chi connectivity index (χ4n) is 2.00. The Kier molecular flexibility index (Phi) is 4.01. The van der Waals surface area contributed by atoms with Crippen molar-refractivity contribution in [1.82, 2.24) is 0 Å². The summed E-state index contributed by atoms with van der Waals surface area (Å²) in [6, 6.07) is 7.46. The zero-order valence-corrected chi connectivity index (χ0v) is 11.6. The zero-order valence-electron chi connectivity index (χ0n) is 10.1. The smallest absolute Gasteiger partial charge is 0.311 e. The summed E-state index contributed by atoms with van der Waals surface area (Å²) >= 11 is 3.35. The van der Waals surface area contributed by atoms with Gasteiger partial charge in [-0.1, -0.05) is 15.9 Å². The number of carbonyl (C=O) groups excluding carboxylic acids is 2. The van der Waals surface area contributed by atoms with Gasteiger partial charge >= 0.3 is 5.97 Å². The summed E-state index contributed by atoms with van der Waals surface area (Å²) in [5.41, 5.74) is 0.815. The van der Waals surface area contributed by atoms with Crippen LogP contribution in [0.25, 0.3) is 0 Å². The Hall–Kier alpha value is -1.36. The molecule has 1 aliphatic heterocycles. The molecule has 1 aliphatic rings. The maximum absolute atomic E-state index is 11.9. The molecule has 4 nitrogen and oxygen atoms in total. The molecule has 1 aromatic carbocycles. The van der Waals surface area contributed by atoms with Gasteiger partial charge in [-0.25, -0.2) is 0 Å². The van der Waals surface area contributed by atoms with Gasteiger partial charge in [-0.05, 0) is 31.2 Å².